The normalized spacial score (nSPS) is 12.7. The van der Waals surface area contributed by atoms with Gasteiger partial charge in [-0.2, -0.15) is 4.99 Å². The van der Waals surface area contributed by atoms with E-state index in [1.165, 1.54) is 0 Å². The van der Waals surface area contributed by atoms with E-state index in [4.69, 9.17) is 11.6 Å². The summed E-state index contributed by atoms with van der Waals surface area (Å²) in [7, 11) is -0.285. The zero-order valence-corrected chi connectivity index (χ0v) is 12.2. The maximum Gasteiger partial charge on any atom is 0.351 e. The maximum atomic E-state index is 5.96. The fraction of sp³-hybridized carbons (Fsp3) is 0.0769. The van der Waals surface area contributed by atoms with Crippen LogP contribution in [0.2, 0.25) is 5.15 Å². The van der Waals surface area contributed by atoms with Crippen LogP contribution in [-0.4, -0.2) is 19.9 Å². The molecule has 100 valence electrons. The minimum atomic E-state index is -0.285. The molecule has 0 radical (unpaired) electrons. The minimum Gasteiger partial charge on any atom is -0.294 e. The van der Waals surface area contributed by atoms with Crippen molar-refractivity contribution in [1.82, 2.24) is 19.9 Å². The van der Waals surface area contributed by atoms with Crippen LogP contribution in [0.15, 0.2) is 47.3 Å². The van der Waals surface area contributed by atoms with Gasteiger partial charge < -0.3 is 0 Å². The Labute approximate surface area is 123 Å². The van der Waals surface area contributed by atoms with Gasteiger partial charge in [-0.25, -0.2) is 9.97 Å². The number of thiazole rings is 1. The number of hydrogen-bond donors (Lipinski definition) is 1. The second-order valence-electron chi connectivity index (χ2n) is 4.06. The van der Waals surface area contributed by atoms with Crippen molar-refractivity contribution in [2.75, 3.05) is 0 Å². The van der Waals surface area contributed by atoms with Crippen LogP contribution < -0.4 is 4.80 Å². The second-order valence-corrected chi connectivity index (χ2v) is 6.22. The molecule has 0 saturated heterocycles. The van der Waals surface area contributed by atoms with Crippen LogP contribution in [0.4, 0.5) is 5.82 Å². The lowest BCUT2D eigenvalue weighted by atomic mass is 10.5. The van der Waals surface area contributed by atoms with E-state index in [0.717, 1.165) is 15.4 Å². The van der Waals surface area contributed by atoms with Crippen molar-refractivity contribution in [3.8, 4) is 4.90 Å². The van der Waals surface area contributed by atoms with Crippen molar-refractivity contribution in [1.29, 1.82) is 0 Å². The molecule has 3 rings (SSSR count). The van der Waals surface area contributed by atoms with E-state index >= 15 is 0 Å². The van der Waals surface area contributed by atoms with E-state index in [-0.39, 0.29) is 10.5 Å². The van der Waals surface area contributed by atoms with Crippen LogP contribution in [0.5, 0.6) is 0 Å². The summed E-state index contributed by atoms with van der Waals surface area (Å²) in [6.07, 6.45) is 6.57. The highest BCUT2D eigenvalue weighted by Crippen LogP contribution is 2.27. The highest BCUT2D eigenvalue weighted by molar-refractivity contribution is 7.36. The first-order valence-electron chi connectivity index (χ1n) is 5.87. The average Bonchev–Trinajstić information content (AvgIpc) is 2.81. The number of nitrogens with zero attached hydrogens (tertiary/aromatic N) is 4. The summed E-state index contributed by atoms with van der Waals surface area (Å²) < 4.78 is 0. The minimum absolute atomic E-state index is 0.285. The number of nitrogens with one attached hydrogen (secondary N) is 1. The van der Waals surface area contributed by atoms with Crippen molar-refractivity contribution < 1.29 is 0 Å². The Morgan fingerprint density at radius 2 is 2.15 bits per heavy atom. The summed E-state index contributed by atoms with van der Waals surface area (Å²) in [6, 6.07) is 3.80. The van der Waals surface area contributed by atoms with Gasteiger partial charge in [0.15, 0.2) is 16.1 Å². The fourth-order valence-corrected chi connectivity index (χ4v) is 3.75. The monoisotopic (exact) mass is 304 g/mol. The highest BCUT2D eigenvalue weighted by atomic mass is 35.5. The molecule has 0 spiro atoms. The van der Waals surface area contributed by atoms with Crippen LogP contribution >= 0.6 is 22.1 Å². The molecular formula is C13H11ClN5S+. The van der Waals surface area contributed by atoms with E-state index in [1.54, 1.807) is 24.8 Å². The lowest BCUT2D eigenvalue weighted by molar-refractivity contribution is 1.11. The molecule has 0 aliphatic heterocycles. The summed E-state index contributed by atoms with van der Waals surface area (Å²) >= 11 is 5.96. The van der Waals surface area contributed by atoms with Crippen LogP contribution in [0.1, 0.15) is 5.69 Å². The van der Waals surface area contributed by atoms with Crippen molar-refractivity contribution in [2.24, 2.45) is 4.99 Å². The van der Waals surface area contributed by atoms with Gasteiger partial charge in [0.05, 0.1) is 22.4 Å². The highest BCUT2D eigenvalue weighted by Gasteiger charge is 2.16. The van der Waals surface area contributed by atoms with Crippen LogP contribution in [0.25, 0.3) is 4.90 Å². The molecule has 0 aliphatic carbocycles. The SMILES string of the molecule is Cc1c[s+](-c2ccnc(Cl)c2)c(=Nc2cnccn2)[nH]1. The van der Waals surface area contributed by atoms with E-state index in [0.29, 0.717) is 11.0 Å². The lowest BCUT2D eigenvalue weighted by Crippen LogP contribution is -2.01. The zero-order chi connectivity index (χ0) is 13.9. The predicted octanol–water partition coefficient (Wildman–Crippen LogP) is 3.13. The summed E-state index contributed by atoms with van der Waals surface area (Å²) in [5.74, 6) is 0.579. The Kier molecular flexibility index (Phi) is 3.58. The lowest BCUT2D eigenvalue weighted by Gasteiger charge is -1.90. The summed E-state index contributed by atoms with van der Waals surface area (Å²) in [5, 5.41) is 2.60. The third kappa shape index (κ3) is 2.76. The third-order valence-electron chi connectivity index (χ3n) is 2.52. The largest absolute Gasteiger partial charge is 0.351 e. The summed E-state index contributed by atoms with van der Waals surface area (Å²) in [5.41, 5.74) is 1.06. The molecule has 5 nitrogen and oxygen atoms in total. The molecule has 3 aromatic heterocycles. The topological polar surface area (TPSA) is 66.8 Å². The smallest absolute Gasteiger partial charge is 0.294 e. The maximum absolute atomic E-state index is 5.96. The molecule has 1 N–H and O–H groups in total. The van der Waals surface area contributed by atoms with Gasteiger partial charge in [-0.1, -0.05) is 11.6 Å². The molecular weight excluding hydrogens is 294 g/mol. The second kappa shape index (κ2) is 5.52. The van der Waals surface area contributed by atoms with E-state index in [2.05, 4.69) is 30.3 Å². The van der Waals surface area contributed by atoms with Crippen molar-refractivity contribution in [3.05, 3.63) is 57.9 Å². The number of pyridine rings is 1. The first kappa shape index (κ1) is 13.0. The average molecular weight is 305 g/mol. The number of aryl methyl sites for hydroxylation is 1. The van der Waals surface area contributed by atoms with Crippen molar-refractivity contribution >= 4 is 27.9 Å². The molecule has 0 fully saturated rings. The van der Waals surface area contributed by atoms with Gasteiger partial charge in [0.2, 0.25) is 0 Å². The third-order valence-corrected chi connectivity index (χ3v) is 4.69. The molecule has 1 atom stereocenters. The Morgan fingerprint density at radius 1 is 1.25 bits per heavy atom. The fourth-order valence-electron chi connectivity index (χ4n) is 1.72. The number of aromatic amines is 1. The molecule has 7 heteroatoms. The van der Waals surface area contributed by atoms with Crippen LogP contribution in [-0.2, 0) is 0 Å². The molecule has 1 unspecified atom stereocenters. The van der Waals surface area contributed by atoms with Crippen molar-refractivity contribution in [3.63, 3.8) is 0 Å². The molecule has 3 heterocycles. The van der Waals surface area contributed by atoms with Crippen LogP contribution in [0.3, 0.4) is 0 Å². The molecule has 0 aromatic carbocycles. The first-order valence-corrected chi connectivity index (χ1v) is 7.54. The van der Waals surface area contributed by atoms with Gasteiger partial charge in [0.1, 0.15) is 5.15 Å². The first-order chi connectivity index (χ1) is 9.72. The Morgan fingerprint density at radius 3 is 2.90 bits per heavy atom. The van der Waals surface area contributed by atoms with Gasteiger partial charge in [0, 0.05) is 30.7 Å². The number of aromatic nitrogens is 4. The van der Waals surface area contributed by atoms with Gasteiger partial charge in [-0.05, 0) is 6.92 Å². The summed E-state index contributed by atoms with van der Waals surface area (Å²) in [4.78, 5) is 21.9. The number of rotatable bonds is 2. The number of H-pyrrole nitrogens is 1. The van der Waals surface area contributed by atoms with Gasteiger partial charge in [0.25, 0.3) is 0 Å². The van der Waals surface area contributed by atoms with Gasteiger partial charge in [-0.15, -0.1) is 0 Å². The standard InChI is InChI=1S/C13H11ClN5S/c1-9-8-20(10-2-3-16-11(14)6-10)13(18-9)19-12-7-15-4-5-17-12/h2-8H,1H3,(H,17,18,19)/q+1. The van der Waals surface area contributed by atoms with Gasteiger partial charge in [-0.3, -0.25) is 9.97 Å². The molecule has 3 aromatic rings. The summed E-state index contributed by atoms with van der Waals surface area (Å²) in [6.45, 7) is 2.00. The molecule has 0 bridgehead atoms. The number of hydrogen-bond acceptors (Lipinski definition) is 4. The van der Waals surface area contributed by atoms with Crippen molar-refractivity contribution in [2.45, 2.75) is 6.92 Å². The molecule has 0 saturated carbocycles. The zero-order valence-electron chi connectivity index (χ0n) is 10.6. The quantitative estimate of drug-likeness (QED) is 0.584. The molecule has 20 heavy (non-hydrogen) atoms. The van der Waals surface area contributed by atoms with E-state index in [1.807, 2.05) is 19.1 Å². The van der Waals surface area contributed by atoms with E-state index < -0.39 is 0 Å². The van der Waals surface area contributed by atoms with Crippen LogP contribution in [0, 0.1) is 6.92 Å². The van der Waals surface area contributed by atoms with Gasteiger partial charge >= 0.3 is 4.80 Å². The Hall–Kier alpha value is -2.05. The molecule has 0 amide bonds. The Balaban J connectivity index is 2.16. The number of halogens is 1. The van der Waals surface area contributed by atoms with E-state index in [9.17, 15) is 0 Å². The molecule has 0 aliphatic rings. The predicted molar refractivity (Wildman–Crippen MR) is 79.4 cm³/mol. The Bertz CT molecular complexity index is 794.